The van der Waals surface area contributed by atoms with Crippen LogP contribution in [0.1, 0.15) is 25.3 Å². The van der Waals surface area contributed by atoms with Gasteiger partial charge in [-0.2, -0.15) is 0 Å². The highest BCUT2D eigenvalue weighted by atomic mass is 16.5. The Kier molecular flexibility index (Phi) is 6.66. The predicted octanol–water partition coefficient (Wildman–Crippen LogP) is 3.19. The summed E-state index contributed by atoms with van der Waals surface area (Å²) in [7, 11) is 1.61. The number of nitrogens with zero attached hydrogens (tertiary/aromatic N) is 2. The molecular weight excluding hydrogens is 356 g/mol. The molecule has 0 radical (unpaired) electrons. The van der Waals surface area contributed by atoms with Crippen molar-refractivity contribution in [3.8, 4) is 11.5 Å². The van der Waals surface area contributed by atoms with E-state index in [0.29, 0.717) is 37.5 Å². The van der Waals surface area contributed by atoms with Crippen molar-refractivity contribution in [3.05, 3.63) is 64.6 Å². The van der Waals surface area contributed by atoms with Gasteiger partial charge in [0.2, 0.25) is 0 Å². The van der Waals surface area contributed by atoms with Crippen LogP contribution in [0.2, 0.25) is 0 Å². The Labute approximate surface area is 164 Å². The third-order valence-electron chi connectivity index (χ3n) is 4.62. The van der Waals surface area contributed by atoms with E-state index in [-0.39, 0.29) is 11.7 Å². The zero-order valence-electron chi connectivity index (χ0n) is 16.3. The summed E-state index contributed by atoms with van der Waals surface area (Å²) in [5.74, 6) is 1.35. The van der Waals surface area contributed by atoms with Crippen LogP contribution in [0.4, 0.5) is 0 Å². The molecule has 6 heteroatoms. The highest BCUT2D eigenvalue weighted by Gasteiger charge is 2.08. The first-order chi connectivity index (χ1) is 13.6. The maximum absolute atomic E-state index is 12.2. The molecule has 6 nitrogen and oxygen atoms in total. The lowest BCUT2D eigenvalue weighted by molar-refractivity contribution is 0.185. The number of rotatable bonds is 9. The molecule has 1 aromatic heterocycles. The number of methoxy groups -OCH3 is 1. The third-order valence-corrected chi connectivity index (χ3v) is 4.62. The number of ether oxygens (including phenoxy) is 2. The van der Waals surface area contributed by atoms with E-state index in [9.17, 15) is 9.90 Å². The predicted molar refractivity (Wildman–Crippen MR) is 109 cm³/mol. The van der Waals surface area contributed by atoms with Crippen molar-refractivity contribution >= 4 is 11.0 Å². The third kappa shape index (κ3) is 4.89. The van der Waals surface area contributed by atoms with Crippen LogP contribution in [0.15, 0.2) is 53.5 Å². The molecule has 0 bridgehead atoms. The van der Waals surface area contributed by atoms with Crippen LogP contribution in [-0.2, 0) is 13.0 Å². The van der Waals surface area contributed by atoms with Gasteiger partial charge >= 0.3 is 0 Å². The molecule has 1 unspecified atom stereocenters. The average molecular weight is 382 g/mol. The molecule has 1 atom stereocenters. The van der Waals surface area contributed by atoms with E-state index >= 15 is 0 Å². The van der Waals surface area contributed by atoms with Gasteiger partial charge in [0, 0.05) is 6.54 Å². The van der Waals surface area contributed by atoms with Crippen molar-refractivity contribution in [2.24, 2.45) is 0 Å². The second kappa shape index (κ2) is 9.37. The van der Waals surface area contributed by atoms with Gasteiger partial charge in [-0.3, -0.25) is 4.79 Å². The summed E-state index contributed by atoms with van der Waals surface area (Å²) in [6, 6.07) is 13.4. The Hall–Kier alpha value is -2.86. The maximum Gasteiger partial charge on any atom is 0.269 e. The molecule has 0 aliphatic carbocycles. The molecule has 3 rings (SSSR count). The molecule has 0 saturated heterocycles. The highest BCUT2D eigenvalue weighted by molar-refractivity contribution is 5.74. The summed E-state index contributed by atoms with van der Waals surface area (Å²) in [6.07, 6.45) is 3.21. The van der Waals surface area contributed by atoms with E-state index in [1.54, 1.807) is 18.6 Å². The van der Waals surface area contributed by atoms with Crippen molar-refractivity contribution < 1.29 is 14.6 Å². The second-order valence-corrected chi connectivity index (χ2v) is 6.81. The summed E-state index contributed by atoms with van der Waals surface area (Å²) in [4.78, 5) is 16.3. The zero-order valence-corrected chi connectivity index (χ0v) is 16.3. The number of hydrogen-bond acceptors (Lipinski definition) is 5. The minimum absolute atomic E-state index is 0.112. The summed E-state index contributed by atoms with van der Waals surface area (Å²) < 4.78 is 13.0. The Morgan fingerprint density at radius 3 is 2.79 bits per heavy atom. The van der Waals surface area contributed by atoms with Gasteiger partial charge in [-0.05, 0) is 56.0 Å². The second-order valence-electron chi connectivity index (χ2n) is 6.81. The van der Waals surface area contributed by atoms with Gasteiger partial charge in [0.1, 0.15) is 0 Å². The standard InChI is InChI=1S/C22H26N2O4/c1-16(25)8-9-17-10-11-20(21(14-17)27-2)28-13-5-12-24-19-7-4-3-6-18(19)23-15-22(24)26/h3-4,6-7,10-11,14-16,25H,5,8-9,12-13H2,1-2H3. The Bertz CT molecular complexity index is 982. The van der Waals surface area contributed by atoms with E-state index < -0.39 is 0 Å². The number of aliphatic hydroxyl groups excluding tert-OH is 1. The molecule has 28 heavy (non-hydrogen) atoms. The van der Waals surface area contributed by atoms with Crippen LogP contribution in [0.3, 0.4) is 0 Å². The molecule has 0 saturated carbocycles. The Morgan fingerprint density at radius 2 is 2.00 bits per heavy atom. The SMILES string of the molecule is COc1cc(CCC(C)O)ccc1OCCCn1c(=O)cnc2ccccc21. The quantitative estimate of drug-likeness (QED) is 0.576. The normalized spacial score (nSPS) is 12.1. The molecule has 0 aliphatic rings. The van der Waals surface area contributed by atoms with Gasteiger partial charge in [-0.1, -0.05) is 18.2 Å². The average Bonchev–Trinajstić information content (AvgIpc) is 2.71. The van der Waals surface area contributed by atoms with Crippen LogP contribution in [-0.4, -0.2) is 34.5 Å². The molecule has 1 N–H and O–H groups in total. The number of hydrogen-bond donors (Lipinski definition) is 1. The van der Waals surface area contributed by atoms with E-state index in [1.165, 1.54) is 6.20 Å². The maximum atomic E-state index is 12.2. The first kappa shape index (κ1) is 19.9. The first-order valence-electron chi connectivity index (χ1n) is 9.51. The fourth-order valence-electron chi connectivity index (χ4n) is 3.11. The van der Waals surface area contributed by atoms with Crippen molar-refractivity contribution in [2.45, 2.75) is 38.8 Å². The zero-order chi connectivity index (χ0) is 19.9. The summed E-state index contributed by atoms with van der Waals surface area (Å²) in [5.41, 5.74) is 2.62. The minimum atomic E-state index is -0.324. The first-order valence-corrected chi connectivity index (χ1v) is 9.51. The molecule has 0 fully saturated rings. The van der Waals surface area contributed by atoms with E-state index in [0.717, 1.165) is 23.0 Å². The molecule has 148 valence electrons. The van der Waals surface area contributed by atoms with Crippen LogP contribution in [0.25, 0.3) is 11.0 Å². The smallest absolute Gasteiger partial charge is 0.269 e. The fraction of sp³-hybridized carbons (Fsp3) is 0.364. The van der Waals surface area contributed by atoms with Crippen molar-refractivity contribution in [1.29, 1.82) is 0 Å². The molecule has 1 heterocycles. The van der Waals surface area contributed by atoms with Gasteiger partial charge < -0.3 is 19.1 Å². The van der Waals surface area contributed by atoms with Crippen molar-refractivity contribution in [3.63, 3.8) is 0 Å². The number of aliphatic hydroxyl groups is 1. The highest BCUT2D eigenvalue weighted by Crippen LogP contribution is 2.28. The van der Waals surface area contributed by atoms with Crippen molar-refractivity contribution in [1.82, 2.24) is 9.55 Å². The molecule has 2 aromatic carbocycles. The molecule has 0 spiro atoms. The lowest BCUT2D eigenvalue weighted by Crippen LogP contribution is -2.21. The fourth-order valence-corrected chi connectivity index (χ4v) is 3.11. The molecule has 0 amide bonds. The lowest BCUT2D eigenvalue weighted by Gasteiger charge is -2.13. The van der Waals surface area contributed by atoms with E-state index in [1.807, 2.05) is 42.5 Å². The van der Waals surface area contributed by atoms with Crippen molar-refractivity contribution in [2.75, 3.05) is 13.7 Å². The van der Waals surface area contributed by atoms with Gasteiger partial charge in [0.05, 0.1) is 37.1 Å². The number of fused-ring (bicyclic) bond motifs is 1. The Balaban J connectivity index is 1.61. The monoisotopic (exact) mass is 382 g/mol. The summed E-state index contributed by atoms with van der Waals surface area (Å²) >= 11 is 0. The minimum Gasteiger partial charge on any atom is -0.493 e. The topological polar surface area (TPSA) is 73.6 Å². The van der Waals surface area contributed by atoms with Gasteiger partial charge in [-0.25, -0.2) is 4.98 Å². The van der Waals surface area contributed by atoms with E-state index in [4.69, 9.17) is 9.47 Å². The van der Waals surface area contributed by atoms with Crippen LogP contribution >= 0.6 is 0 Å². The number of benzene rings is 2. The number of aryl methyl sites for hydroxylation is 2. The summed E-state index contributed by atoms with van der Waals surface area (Å²) in [5, 5.41) is 9.43. The lowest BCUT2D eigenvalue weighted by atomic mass is 10.1. The summed E-state index contributed by atoms with van der Waals surface area (Å²) in [6.45, 7) is 2.80. The van der Waals surface area contributed by atoms with Crippen LogP contribution in [0, 0.1) is 0 Å². The Morgan fingerprint density at radius 1 is 1.18 bits per heavy atom. The van der Waals surface area contributed by atoms with Gasteiger partial charge in [-0.15, -0.1) is 0 Å². The van der Waals surface area contributed by atoms with Crippen LogP contribution < -0.4 is 15.0 Å². The van der Waals surface area contributed by atoms with Gasteiger partial charge in [0.25, 0.3) is 5.56 Å². The van der Waals surface area contributed by atoms with Crippen LogP contribution in [0.5, 0.6) is 11.5 Å². The molecule has 3 aromatic rings. The van der Waals surface area contributed by atoms with E-state index in [2.05, 4.69) is 4.98 Å². The number of para-hydroxylation sites is 2. The number of aromatic nitrogens is 2. The molecule has 0 aliphatic heterocycles. The van der Waals surface area contributed by atoms with Gasteiger partial charge in [0.15, 0.2) is 11.5 Å². The largest absolute Gasteiger partial charge is 0.493 e. The molecular formula is C22H26N2O4.